The Morgan fingerprint density at radius 1 is 1.06 bits per heavy atom. The summed E-state index contributed by atoms with van der Waals surface area (Å²) in [5.41, 5.74) is 5.69. The van der Waals surface area contributed by atoms with Crippen LogP contribution >= 0.6 is 9.24 Å². The molecule has 0 spiro atoms. The van der Waals surface area contributed by atoms with Gasteiger partial charge in [-0.15, -0.1) is 0 Å². The molecule has 0 radical (unpaired) electrons. The van der Waals surface area contributed by atoms with E-state index in [1.807, 2.05) is 0 Å². The summed E-state index contributed by atoms with van der Waals surface area (Å²) >= 11 is 0. The molecule has 0 amide bonds. The molecule has 0 heterocycles. The summed E-state index contributed by atoms with van der Waals surface area (Å²) in [7, 11) is 3.44. The van der Waals surface area contributed by atoms with Crippen molar-refractivity contribution in [1.82, 2.24) is 0 Å². The minimum atomic E-state index is 0. The first-order valence-electron chi connectivity index (χ1n) is 6.24. The van der Waals surface area contributed by atoms with E-state index in [9.17, 15) is 4.79 Å². The Morgan fingerprint density at radius 3 is 2.00 bits per heavy atom. The molecule has 0 aliphatic rings. The standard InChI is InChI=1S/C15H22OP.Li/c1-10-9-11(2)13(4)15(12(10)3)14(16)7-5-6-8-17;/h9,17H,5-8H2,1-4H3;/q-1;+1. The van der Waals surface area contributed by atoms with Crippen LogP contribution in [0, 0.1) is 27.7 Å². The number of hydrogen-bond donors (Lipinski definition) is 0. The summed E-state index contributed by atoms with van der Waals surface area (Å²) in [6.07, 6.45) is 3.66. The van der Waals surface area contributed by atoms with Gasteiger partial charge >= 0.3 is 18.9 Å². The van der Waals surface area contributed by atoms with Crippen LogP contribution in [0.15, 0.2) is 6.07 Å². The van der Waals surface area contributed by atoms with E-state index in [0.29, 0.717) is 12.2 Å². The Balaban J connectivity index is 0.00000289. The predicted molar refractivity (Wildman–Crippen MR) is 76.8 cm³/mol. The summed E-state index contributed by atoms with van der Waals surface area (Å²) in [6, 6.07) is 2.17. The molecule has 0 N–H and O–H groups in total. The maximum atomic E-state index is 12.2. The molecular formula is C15H22LiOP. The van der Waals surface area contributed by atoms with Gasteiger partial charge in [-0.3, -0.25) is 4.79 Å². The summed E-state index contributed by atoms with van der Waals surface area (Å²) in [5.74, 6) is 0.298. The molecule has 0 atom stereocenters. The van der Waals surface area contributed by atoms with Crippen molar-refractivity contribution in [3.63, 3.8) is 0 Å². The van der Waals surface area contributed by atoms with Gasteiger partial charge in [0.05, 0.1) is 0 Å². The maximum Gasteiger partial charge on any atom is 1.00 e. The van der Waals surface area contributed by atoms with E-state index in [4.69, 9.17) is 0 Å². The van der Waals surface area contributed by atoms with Crippen LogP contribution < -0.4 is 18.9 Å². The summed E-state index contributed by atoms with van der Waals surface area (Å²) in [4.78, 5) is 12.2. The Morgan fingerprint density at radius 2 is 1.56 bits per heavy atom. The molecule has 0 aromatic heterocycles. The molecule has 18 heavy (non-hydrogen) atoms. The van der Waals surface area contributed by atoms with Gasteiger partial charge in [-0.05, 0) is 56.4 Å². The molecule has 1 aromatic rings. The number of carbonyl (C=O) groups is 1. The minimum absolute atomic E-state index is 0. The second-order valence-electron chi connectivity index (χ2n) is 4.77. The molecular weight excluding hydrogens is 234 g/mol. The van der Waals surface area contributed by atoms with Crippen LogP contribution in [0.3, 0.4) is 0 Å². The molecule has 0 aliphatic carbocycles. The quantitative estimate of drug-likeness (QED) is 0.337. The topological polar surface area (TPSA) is 17.1 Å². The summed E-state index contributed by atoms with van der Waals surface area (Å²) < 4.78 is 0. The second-order valence-corrected chi connectivity index (χ2v) is 5.27. The van der Waals surface area contributed by atoms with Crippen LogP contribution in [0.25, 0.3) is 0 Å². The number of carbonyl (C=O) groups excluding carboxylic acids is 1. The number of benzene rings is 1. The zero-order valence-corrected chi connectivity index (χ0v) is 13.3. The van der Waals surface area contributed by atoms with Crippen LogP contribution in [0.2, 0.25) is 0 Å². The van der Waals surface area contributed by atoms with Crippen molar-refractivity contribution in [1.29, 1.82) is 0 Å². The van der Waals surface area contributed by atoms with E-state index in [1.165, 1.54) is 11.1 Å². The first kappa shape index (κ1) is 17.9. The van der Waals surface area contributed by atoms with Gasteiger partial charge in [-0.2, -0.15) is 6.16 Å². The normalized spacial score (nSPS) is 10.1. The molecule has 0 saturated carbocycles. The Hall–Kier alpha value is -0.0826. The van der Waals surface area contributed by atoms with Gasteiger partial charge in [0.25, 0.3) is 0 Å². The Labute approximate surface area is 126 Å². The molecule has 0 aliphatic heterocycles. The first-order chi connectivity index (χ1) is 7.99. The van der Waals surface area contributed by atoms with Gasteiger partial charge in [-0.25, -0.2) is 0 Å². The summed E-state index contributed by atoms with van der Waals surface area (Å²) in [5, 5.41) is 0. The molecule has 0 fully saturated rings. The van der Waals surface area contributed by atoms with E-state index in [0.717, 1.165) is 35.7 Å². The predicted octanol–water partition coefficient (Wildman–Crippen LogP) is 1.42. The first-order valence-corrected chi connectivity index (χ1v) is 6.95. The molecule has 3 heteroatoms. The number of rotatable bonds is 5. The van der Waals surface area contributed by atoms with Gasteiger partial charge in [0.2, 0.25) is 0 Å². The smallest absolute Gasteiger partial charge is 0.558 e. The fourth-order valence-electron chi connectivity index (χ4n) is 2.17. The number of hydrogen-bond acceptors (Lipinski definition) is 1. The van der Waals surface area contributed by atoms with Crippen molar-refractivity contribution in [3.8, 4) is 0 Å². The zero-order valence-electron chi connectivity index (χ0n) is 12.3. The number of aryl methyl sites for hydroxylation is 2. The van der Waals surface area contributed by atoms with Crippen LogP contribution in [0.5, 0.6) is 0 Å². The second kappa shape index (κ2) is 8.16. The van der Waals surface area contributed by atoms with Gasteiger partial charge in [0, 0.05) is 12.0 Å². The van der Waals surface area contributed by atoms with E-state index >= 15 is 0 Å². The van der Waals surface area contributed by atoms with E-state index in [2.05, 4.69) is 43.0 Å². The Kier molecular flexibility index (Phi) is 8.12. The van der Waals surface area contributed by atoms with Crippen LogP contribution in [-0.4, -0.2) is 11.9 Å². The van der Waals surface area contributed by atoms with Gasteiger partial charge in [0.15, 0.2) is 5.78 Å². The van der Waals surface area contributed by atoms with Crippen molar-refractivity contribution in [2.45, 2.75) is 47.0 Å². The van der Waals surface area contributed by atoms with Crippen molar-refractivity contribution < 1.29 is 23.7 Å². The van der Waals surface area contributed by atoms with Gasteiger partial charge < -0.3 is 9.24 Å². The third-order valence-electron chi connectivity index (χ3n) is 3.48. The molecule has 94 valence electrons. The molecule has 1 aromatic carbocycles. The number of unbranched alkanes of at least 4 members (excludes halogenated alkanes) is 1. The third kappa shape index (κ3) is 4.24. The Bertz CT molecular complexity index is 401. The molecule has 1 rings (SSSR count). The zero-order chi connectivity index (χ0) is 13.0. The monoisotopic (exact) mass is 256 g/mol. The van der Waals surface area contributed by atoms with Crippen molar-refractivity contribution in [2.75, 3.05) is 6.16 Å². The number of ketones is 1. The average molecular weight is 256 g/mol. The van der Waals surface area contributed by atoms with Gasteiger partial charge in [-0.1, -0.05) is 12.5 Å². The van der Waals surface area contributed by atoms with Crippen LogP contribution in [0.4, 0.5) is 0 Å². The molecule has 0 unspecified atom stereocenters. The van der Waals surface area contributed by atoms with E-state index < -0.39 is 0 Å². The average Bonchev–Trinajstić information content (AvgIpc) is 2.27. The van der Waals surface area contributed by atoms with Gasteiger partial charge in [0.1, 0.15) is 0 Å². The van der Waals surface area contributed by atoms with E-state index in [-0.39, 0.29) is 18.9 Å². The third-order valence-corrected chi connectivity index (χ3v) is 3.83. The summed E-state index contributed by atoms with van der Waals surface area (Å²) in [6.45, 7) is 8.27. The van der Waals surface area contributed by atoms with Crippen molar-refractivity contribution in [2.24, 2.45) is 0 Å². The van der Waals surface area contributed by atoms with Crippen LogP contribution in [0.1, 0.15) is 51.9 Å². The fraction of sp³-hybridized carbons (Fsp3) is 0.533. The molecule has 0 bridgehead atoms. The SMILES string of the molecule is Cc1cc(C)c(C)c(C(=O)CCCC[PH-])c1C.[Li+]. The van der Waals surface area contributed by atoms with Crippen LogP contribution in [-0.2, 0) is 0 Å². The van der Waals surface area contributed by atoms with E-state index in [1.54, 1.807) is 0 Å². The van der Waals surface area contributed by atoms with Crippen molar-refractivity contribution >= 4 is 15.0 Å². The number of Topliss-reactive ketones (excluding diaryl/α,β-unsaturated/α-hetero) is 1. The molecule has 0 saturated heterocycles. The van der Waals surface area contributed by atoms with Crippen molar-refractivity contribution in [3.05, 3.63) is 33.9 Å². The largest absolute Gasteiger partial charge is 1.00 e. The molecule has 1 nitrogen and oxygen atoms in total. The maximum absolute atomic E-state index is 12.2. The minimum Gasteiger partial charge on any atom is -0.558 e. The fourth-order valence-corrected chi connectivity index (χ4v) is 2.42.